The van der Waals surface area contributed by atoms with Gasteiger partial charge in [-0.15, -0.1) is 0 Å². The van der Waals surface area contributed by atoms with Crippen LogP contribution >= 0.6 is 0 Å². The Morgan fingerprint density at radius 1 is 0.903 bits per heavy atom. The Morgan fingerprint density at radius 2 is 1.65 bits per heavy atom. The fourth-order valence-electron chi connectivity index (χ4n) is 2.96. The molecule has 0 bridgehead atoms. The van der Waals surface area contributed by atoms with Crippen LogP contribution in [-0.4, -0.2) is 32.0 Å². The van der Waals surface area contributed by atoms with E-state index in [1.807, 2.05) is 54.6 Å². The molecule has 3 aromatic carbocycles. The van der Waals surface area contributed by atoms with Crippen molar-refractivity contribution in [1.29, 1.82) is 0 Å². The summed E-state index contributed by atoms with van der Waals surface area (Å²) in [6.45, 7) is 2.83. The molecule has 0 fully saturated rings. The van der Waals surface area contributed by atoms with E-state index in [9.17, 15) is 9.59 Å². The molecular formula is C25H27N3O3. The predicted octanol–water partition coefficient (Wildman–Crippen LogP) is 4.80. The van der Waals surface area contributed by atoms with Crippen LogP contribution in [0.2, 0.25) is 0 Å². The monoisotopic (exact) mass is 417 g/mol. The molecule has 0 aliphatic carbocycles. The number of benzene rings is 3. The first kappa shape index (κ1) is 21.9. The van der Waals surface area contributed by atoms with Crippen molar-refractivity contribution >= 4 is 28.9 Å². The van der Waals surface area contributed by atoms with Gasteiger partial charge in [0.1, 0.15) is 5.75 Å². The van der Waals surface area contributed by atoms with Crippen LogP contribution in [-0.2, 0) is 4.79 Å². The highest BCUT2D eigenvalue weighted by molar-refractivity contribution is 6.06. The van der Waals surface area contributed by atoms with E-state index in [0.717, 1.165) is 23.5 Å². The summed E-state index contributed by atoms with van der Waals surface area (Å²) in [5.41, 5.74) is 2.81. The molecule has 0 heterocycles. The lowest BCUT2D eigenvalue weighted by atomic mass is 10.1. The van der Waals surface area contributed by atoms with E-state index in [1.165, 1.54) is 0 Å². The average molecular weight is 418 g/mol. The molecule has 2 N–H and O–H groups in total. The summed E-state index contributed by atoms with van der Waals surface area (Å²) in [5, 5.41) is 5.92. The SMILES string of the molecule is CCCOc1cccc(NCC(=O)Nc2ccc(C(=O)N(C)c3ccccc3)cc2)c1. The number of para-hydroxylation sites is 1. The molecule has 0 atom stereocenters. The maximum atomic E-state index is 12.6. The fraction of sp³-hybridized carbons (Fsp3) is 0.200. The van der Waals surface area contributed by atoms with Crippen molar-refractivity contribution in [3.63, 3.8) is 0 Å². The van der Waals surface area contributed by atoms with Crippen LogP contribution in [0.15, 0.2) is 78.9 Å². The second-order valence-electron chi connectivity index (χ2n) is 7.06. The smallest absolute Gasteiger partial charge is 0.258 e. The first-order chi connectivity index (χ1) is 15.1. The third kappa shape index (κ3) is 6.34. The van der Waals surface area contributed by atoms with Gasteiger partial charge in [-0.1, -0.05) is 31.2 Å². The van der Waals surface area contributed by atoms with E-state index in [2.05, 4.69) is 17.6 Å². The number of carbonyl (C=O) groups excluding carboxylic acids is 2. The summed E-state index contributed by atoms with van der Waals surface area (Å²) in [4.78, 5) is 26.5. The zero-order valence-electron chi connectivity index (χ0n) is 17.8. The molecule has 0 aliphatic rings. The maximum absolute atomic E-state index is 12.6. The van der Waals surface area contributed by atoms with E-state index in [1.54, 1.807) is 36.2 Å². The van der Waals surface area contributed by atoms with Gasteiger partial charge in [0.05, 0.1) is 13.2 Å². The van der Waals surface area contributed by atoms with Crippen molar-refractivity contribution in [3.8, 4) is 5.75 Å². The zero-order valence-corrected chi connectivity index (χ0v) is 17.8. The Bertz CT molecular complexity index is 1000. The largest absolute Gasteiger partial charge is 0.494 e. The van der Waals surface area contributed by atoms with Crippen molar-refractivity contribution in [1.82, 2.24) is 0 Å². The minimum Gasteiger partial charge on any atom is -0.494 e. The van der Waals surface area contributed by atoms with Gasteiger partial charge in [-0.2, -0.15) is 0 Å². The van der Waals surface area contributed by atoms with Crippen molar-refractivity contribution < 1.29 is 14.3 Å². The summed E-state index contributed by atoms with van der Waals surface area (Å²) < 4.78 is 5.60. The molecule has 3 rings (SSSR count). The lowest BCUT2D eigenvalue weighted by Gasteiger charge is -2.17. The van der Waals surface area contributed by atoms with Gasteiger partial charge in [-0.3, -0.25) is 9.59 Å². The van der Waals surface area contributed by atoms with Gasteiger partial charge < -0.3 is 20.3 Å². The molecule has 0 saturated carbocycles. The lowest BCUT2D eigenvalue weighted by molar-refractivity contribution is -0.114. The standard InChI is InChI=1S/C25H27N3O3/c1-3-16-31-23-11-7-8-21(17-23)26-18-24(29)27-20-14-12-19(13-15-20)25(30)28(2)22-9-5-4-6-10-22/h4-15,17,26H,3,16,18H2,1-2H3,(H,27,29). The van der Waals surface area contributed by atoms with Gasteiger partial charge in [0.15, 0.2) is 0 Å². The summed E-state index contributed by atoms with van der Waals surface area (Å²) in [6, 6.07) is 23.8. The second-order valence-corrected chi connectivity index (χ2v) is 7.06. The highest BCUT2D eigenvalue weighted by Gasteiger charge is 2.13. The predicted molar refractivity (Wildman–Crippen MR) is 125 cm³/mol. The van der Waals surface area contributed by atoms with E-state index in [-0.39, 0.29) is 18.4 Å². The van der Waals surface area contributed by atoms with Crippen LogP contribution in [0.25, 0.3) is 0 Å². The molecule has 6 heteroatoms. The van der Waals surface area contributed by atoms with E-state index in [4.69, 9.17) is 4.74 Å². The Balaban J connectivity index is 1.52. The van der Waals surface area contributed by atoms with E-state index in [0.29, 0.717) is 17.9 Å². The summed E-state index contributed by atoms with van der Waals surface area (Å²) in [7, 11) is 1.74. The van der Waals surface area contributed by atoms with Gasteiger partial charge >= 0.3 is 0 Å². The molecule has 0 aromatic heterocycles. The highest BCUT2D eigenvalue weighted by atomic mass is 16.5. The molecule has 0 spiro atoms. The number of hydrogen-bond acceptors (Lipinski definition) is 4. The zero-order chi connectivity index (χ0) is 22.1. The molecule has 2 amide bonds. The van der Waals surface area contributed by atoms with Crippen LogP contribution in [0, 0.1) is 0 Å². The minimum absolute atomic E-state index is 0.115. The molecule has 160 valence electrons. The summed E-state index contributed by atoms with van der Waals surface area (Å²) in [6.07, 6.45) is 0.937. The number of rotatable bonds is 9. The Morgan fingerprint density at radius 3 is 2.35 bits per heavy atom. The van der Waals surface area contributed by atoms with E-state index >= 15 is 0 Å². The third-order valence-electron chi connectivity index (χ3n) is 4.62. The van der Waals surface area contributed by atoms with Gasteiger partial charge in [0, 0.05) is 35.7 Å². The molecule has 0 aliphatic heterocycles. The number of nitrogens with one attached hydrogen (secondary N) is 2. The van der Waals surface area contributed by atoms with Crippen LogP contribution in [0.1, 0.15) is 23.7 Å². The summed E-state index contributed by atoms with van der Waals surface area (Å²) in [5.74, 6) is 0.476. The number of amides is 2. The molecule has 0 radical (unpaired) electrons. The average Bonchev–Trinajstić information content (AvgIpc) is 2.82. The molecule has 6 nitrogen and oxygen atoms in total. The number of hydrogen-bond donors (Lipinski definition) is 2. The van der Waals surface area contributed by atoms with Crippen LogP contribution in [0.5, 0.6) is 5.75 Å². The maximum Gasteiger partial charge on any atom is 0.258 e. The van der Waals surface area contributed by atoms with Crippen LogP contribution < -0.4 is 20.3 Å². The van der Waals surface area contributed by atoms with Crippen LogP contribution in [0.3, 0.4) is 0 Å². The van der Waals surface area contributed by atoms with Gasteiger partial charge in [0.25, 0.3) is 5.91 Å². The van der Waals surface area contributed by atoms with Crippen LogP contribution in [0.4, 0.5) is 17.1 Å². The van der Waals surface area contributed by atoms with Gasteiger partial charge in [-0.05, 0) is 55.0 Å². The Labute approximate surface area is 182 Å². The van der Waals surface area contributed by atoms with Crippen molar-refractivity contribution in [2.24, 2.45) is 0 Å². The van der Waals surface area contributed by atoms with Crippen molar-refractivity contribution in [2.45, 2.75) is 13.3 Å². The molecule has 0 unspecified atom stereocenters. The number of ether oxygens (including phenoxy) is 1. The topological polar surface area (TPSA) is 70.7 Å². The molecule has 3 aromatic rings. The number of carbonyl (C=O) groups is 2. The molecular weight excluding hydrogens is 390 g/mol. The van der Waals surface area contributed by atoms with Crippen molar-refractivity contribution in [3.05, 3.63) is 84.4 Å². The Hall–Kier alpha value is -3.80. The lowest BCUT2D eigenvalue weighted by Crippen LogP contribution is -2.26. The van der Waals surface area contributed by atoms with Crippen molar-refractivity contribution in [2.75, 3.05) is 35.7 Å². The first-order valence-corrected chi connectivity index (χ1v) is 10.3. The number of anilines is 3. The summed E-state index contributed by atoms with van der Waals surface area (Å²) >= 11 is 0. The van der Waals surface area contributed by atoms with Gasteiger partial charge in [-0.25, -0.2) is 0 Å². The second kappa shape index (κ2) is 10.8. The van der Waals surface area contributed by atoms with Gasteiger partial charge in [0.2, 0.25) is 5.91 Å². The minimum atomic E-state index is -0.180. The number of nitrogens with zero attached hydrogens (tertiary/aromatic N) is 1. The quantitative estimate of drug-likeness (QED) is 0.525. The fourth-order valence-corrected chi connectivity index (χ4v) is 2.96. The molecule has 0 saturated heterocycles. The van der Waals surface area contributed by atoms with E-state index < -0.39 is 0 Å². The first-order valence-electron chi connectivity index (χ1n) is 10.3. The third-order valence-corrected chi connectivity index (χ3v) is 4.62. The highest BCUT2D eigenvalue weighted by Crippen LogP contribution is 2.18. The normalized spacial score (nSPS) is 10.3. The molecule has 31 heavy (non-hydrogen) atoms. The Kier molecular flexibility index (Phi) is 7.65.